The number of nitrogens with zero attached hydrogens (tertiary/aromatic N) is 1. The average molecular weight is 257 g/mol. The standard InChI is InChI=1S/C14H15N3O2/c1-8-13-11(7-12(18)15-14(13)17-16-8)9-4-3-5-10(6-9)19-2/h3-6,11H,7H2,1-2H3,(H2,15,16,17,18)/t11-/m0/s1. The first-order valence-electron chi connectivity index (χ1n) is 6.17. The smallest absolute Gasteiger partial charge is 0.226 e. The number of fused-ring (bicyclic) bond motifs is 1. The number of hydrogen-bond acceptors (Lipinski definition) is 3. The number of nitrogens with one attached hydrogen (secondary N) is 2. The molecule has 0 fully saturated rings. The maximum Gasteiger partial charge on any atom is 0.226 e. The van der Waals surface area contributed by atoms with Crippen LogP contribution in [0, 0.1) is 6.92 Å². The minimum absolute atomic E-state index is 0.00757. The fourth-order valence-electron chi connectivity index (χ4n) is 2.57. The van der Waals surface area contributed by atoms with Crippen molar-refractivity contribution in [2.45, 2.75) is 19.3 Å². The summed E-state index contributed by atoms with van der Waals surface area (Å²) in [7, 11) is 1.64. The Morgan fingerprint density at radius 3 is 3.05 bits per heavy atom. The van der Waals surface area contributed by atoms with E-state index in [-0.39, 0.29) is 11.8 Å². The van der Waals surface area contributed by atoms with Crippen LogP contribution in [0.1, 0.15) is 29.2 Å². The molecule has 0 spiro atoms. The summed E-state index contributed by atoms with van der Waals surface area (Å²) < 4.78 is 5.25. The Labute approximate surface area is 111 Å². The highest BCUT2D eigenvalue weighted by atomic mass is 16.5. The first-order chi connectivity index (χ1) is 9.19. The van der Waals surface area contributed by atoms with Crippen LogP contribution in [-0.4, -0.2) is 23.2 Å². The number of aromatic amines is 1. The van der Waals surface area contributed by atoms with Gasteiger partial charge in [-0.3, -0.25) is 9.89 Å². The summed E-state index contributed by atoms with van der Waals surface area (Å²) in [6, 6.07) is 7.83. The van der Waals surface area contributed by atoms with Crippen LogP contribution >= 0.6 is 0 Å². The maximum atomic E-state index is 11.8. The number of benzene rings is 1. The molecule has 19 heavy (non-hydrogen) atoms. The van der Waals surface area contributed by atoms with Gasteiger partial charge in [0.25, 0.3) is 0 Å². The number of aryl methyl sites for hydroxylation is 1. The fourth-order valence-corrected chi connectivity index (χ4v) is 2.57. The normalized spacial score (nSPS) is 17.8. The minimum Gasteiger partial charge on any atom is -0.497 e. The summed E-state index contributed by atoms with van der Waals surface area (Å²) in [4.78, 5) is 11.8. The molecule has 0 unspecified atom stereocenters. The molecule has 98 valence electrons. The van der Waals surface area contributed by atoms with Crippen LogP contribution < -0.4 is 10.1 Å². The number of anilines is 1. The van der Waals surface area contributed by atoms with Crippen molar-refractivity contribution in [3.8, 4) is 5.75 Å². The Bertz CT molecular complexity index is 633. The van der Waals surface area contributed by atoms with Crippen LogP contribution in [0.25, 0.3) is 0 Å². The number of carbonyl (C=O) groups is 1. The van der Waals surface area contributed by atoms with Crippen LogP contribution in [0.5, 0.6) is 5.75 Å². The molecule has 1 atom stereocenters. The molecule has 5 heteroatoms. The Morgan fingerprint density at radius 2 is 2.26 bits per heavy atom. The lowest BCUT2D eigenvalue weighted by atomic mass is 9.86. The van der Waals surface area contributed by atoms with Gasteiger partial charge in [0, 0.05) is 23.6 Å². The SMILES string of the molecule is COc1cccc([C@@H]2CC(=O)Nc3n[nH]c(C)c32)c1. The lowest BCUT2D eigenvalue weighted by molar-refractivity contribution is -0.116. The van der Waals surface area contributed by atoms with E-state index in [0.29, 0.717) is 12.2 Å². The number of amides is 1. The van der Waals surface area contributed by atoms with Crippen LogP contribution in [0.3, 0.4) is 0 Å². The van der Waals surface area contributed by atoms with Crippen molar-refractivity contribution >= 4 is 11.7 Å². The fraction of sp³-hybridized carbons (Fsp3) is 0.286. The third-order valence-corrected chi connectivity index (χ3v) is 3.49. The van der Waals surface area contributed by atoms with Crippen molar-refractivity contribution in [1.82, 2.24) is 10.2 Å². The largest absolute Gasteiger partial charge is 0.497 e. The van der Waals surface area contributed by atoms with Crippen molar-refractivity contribution in [3.05, 3.63) is 41.1 Å². The van der Waals surface area contributed by atoms with Gasteiger partial charge >= 0.3 is 0 Å². The Morgan fingerprint density at radius 1 is 1.42 bits per heavy atom. The molecule has 1 amide bonds. The second-order valence-corrected chi connectivity index (χ2v) is 4.69. The zero-order valence-electron chi connectivity index (χ0n) is 10.9. The molecule has 1 aliphatic heterocycles. The lowest BCUT2D eigenvalue weighted by Gasteiger charge is -2.23. The number of H-pyrrole nitrogens is 1. The molecule has 1 aliphatic rings. The number of carbonyl (C=O) groups excluding carboxylic acids is 1. The van der Waals surface area contributed by atoms with E-state index in [1.54, 1.807) is 7.11 Å². The molecule has 1 aromatic carbocycles. The van der Waals surface area contributed by atoms with Gasteiger partial charge in [0.05, 0.1) is 7.11 Å². The van der Waals surface area contributed by atoms with Crippen LogP contribution in [0.4, 0.5) is 5.82 Å². The van der Waals surface area contributed by atoms with Gasteiger partial charge < -0.3 is 10.1 Å². The second-order valence-electron chi connectivity index (χ2n) is 4.69. The maximum absolute atomic E-state index is 11.8. The van der Waals surface area contributed by atoms with Gasteiger partial charge in [-0.2, -0.15) is 5.10 Å². The number of ether oxygens (including phenoxy) is 1. The quantitative estimate of drug-likeness (QED) is 0.866. The molecule has 2 heterocycles. The second kappa shape index (κ2) is 4.42. The van der Waals surface area contributed by atoms with E-state index >= 15 is 0 Å². The van der Waals surface area contributed by atoms with Gasteiger partial charge in [-0.25, -0.2) is 0 Å². The lowest BCUT2D eigenvalue weighted by Crippen LogP contribution is -2.23. The Hall–Kier alpha value is -2.30. The average Bonchev–Trinajstić information content (AvgIpc) is 2.79. The zero-order valence-corrected chi connectivity index (χ0v) is 10.9. The summed E-state index contributed by atoms with van der Waals surface area (Å²) >= 11 is 0. The van der Waals surface area contributed by atoms with E-state index in [1.165, 1.54) is 0 Å². The van der Waals surface area contributed by atoms with Crippen LogP contribution in [0.2, 0.25) is 0 Å². The van der Waals surface area contributed by atoms with Crippen LogP contribution in [0.15, 0.2) is 24.3 Å². The van der Waals surface area contributed by atoms with Crippen molar-refractivity contribution in [2.24, 2.45) is 0 Å². The molecule has 5 nitrogen and oxygen atoms in total. The monoisotopic (exact) mass is 257 g/mol. The zero-order chi connectivity index (χ0) is 13.4. The van der Waals surface area contributed by atoms with Gasteiger partial charge in [-0.15, -0.1) is 0 Å². The predicted octanol–water partition coefficient (Wildman–Crippen LogP) is 2.20. The van der Waals surface area contributed by atoms with Crippen molar-refractivity contribution in [2.75, 3.05) is 12.4 Å². The third kappa shape index (κ3) is 1.97. The number of methoxy groups -OCH3 is 1. The summed E-state index contributed by atoms with van der Waals surface area (Å²) in [5.41, 5.74) is 3.12. The minimum atomic E-state index is -0.00757. The summed E-state index contributed by atoms with van der Waals surface area (Å²) in [5, 5.41) is 9.87. The Balaban J connectivity index is 2.09. The first kappa shape index (κ1) is 11.8. The summed E-state index contributed by atoms with van der Waals surface area (Å²) in [6.45, 7) is 1.97. The summed E-state index contributed by atoms with van der Waals surface area (Å²) in [5.74, 6) is 1.46. The highest BCUT2D eigenvalue weighted by Crippen LogP contribution is 2.38. The highest BCUT2D eigenvalue weighted by molar-refractivity contribution is 5.94. The molecular weight excluding hydrogens is 242 g/mol. The number of rotatable bonds is 2. The van der Waals surface area contributed by atoms with E-state index in [9.17, 15) is 4.79 Å². The van der Waals surface area contributed by atoms with Crippen molar-refractivity contribution in [1.29, 1.82) is 0 Å². The molecule has 0 radical (unpaired) electrons. The molecule has 0 saturated carbocycles. The number of hydrogen-bond donors (Lipinski definition) is 2. The van der Waals surface area contributed by atoms with Crippen LogP contribution in [-0.2, 0) is 4.79 Å². The van der Waals surface area contributed by atoms with Gasteiger partial charge in [0.2, 0.25) is 5.91 Å². The number of aromatic nitrogens is 2. The molecule has 2 aromatic rings. The van der Waals surface area contributed by atoms with Gasteiger partial charge in [0.1, 0.15) is 5.75 Å². The molecule has 1 aromatic heterocycles. The van der Waals surface area contributed by atoms with E-state index in [0.717, 1.165) is 22.6 Å². The van der Waals surface area contributed by atoms with Crippen molar-refractivity contribution < 1.29 is 9.53 Å². The van der Waals surface area contributed by atoms with Gasteiger partial charge in [-0.05, 0) is 24.6 Å². The first-order valence-corrected chi connectivity index (χ1v) is 6.17. The van der Waals surface area contributed by atoms with E-state index < -0.39 is 0 Å². The topological polar surface area (TPSA) is 67.0 Å². The third-order valence-electron chi connectivity index (χ3n) is 3.49. The molecule has 0 saturated heterocycles. The van der Waals surface area contributed by atoms with Gasteiger partial charge in [-0.1, -0.05) is 12.1 Å². The molecule has 2 N–H and O–H groups in total. The molecule has 0 bridgehead atoms. The van der Waals surface area contributed by atoms with Crippen molar-refractivity contribution in [3.63, 3.8) is 0 Å². The summed E-state index contributed by atoms with van der Waals surface area (Å²) in [6.07, 6.45) is 0.431. The highest BCUT2D eigenvalue weighted by Gasteiger charge is 2.30. The van der Waals surface area contributed by atoms with Gasteiger partial charge in [0.15, 0.2) is 5.82 Å². The van der Waals surface area contributed by atoms with E-state index in [1.807, 2.05) is 31.2 Å². The molecular formula is C14H15N3O2. The Kier molecular flexibility index (Phi) is 2.74. The predicted molar refractivity (Wildman–Crippen MR) is 71.4 cm³/mol. The molecule has 3 rings (SSSR count). The van der Waals surface area contributed by atoms with E-state index in [2.05, 4.69) is 15.5 Å². The molecule has 0 aliphatic carbocycles. The van der Waals surface area contributed by atoms with E-state index in [4.69, 9.17) is 4.74 Å².